The number of aliphatic hydroxyl groups excluding tert-OH is 1. The molecule has 0 saturated heterocycles. The maximum absolute atomic E-state index is 13.6. The van der Waals surface area contributed by atoms with Gasteiger partial charge in [-0.05, 0) is 56.5 Å². The van der Waals surface area contributed by atoms with Crippen LogP contribution in [0.15, 0.2) is 45.6 Å². The molecule has 2 heterocycles. The summed E-state index contributed by atoms with van der Waals surface area (Å²) in [6.07, 6.45) is 2.34. The third kappa shape index (κ3) is 4.40. The summed E-state index contributed by atoms with van der Waals surface area (Å²) >= 11 is 0. The van der Waals surface area contributed by atoms with Gasteiger partial charge in [-0.1, -0.05) is 31.0 Å². The number of unbranched alkanes of at least 4 members (excludes halogenated alkanes) is 1. The van der Waals surface area contributed by atoms with E-state index in [1.54, 1.807) is 17.0 Å². The largest absolute Gasteiger partial charge is 0.490 e. The predicted octanol–water partition coefficient (Wildman–Crippen LogP) is 4.61. The number of aliphatic hydroxyl groups is 1. The summed E-state index contributed by atoms with van der Waals surface area (Å²) in [7, 11) is 0. The molecule has 1 aliphatic heterocycles. The van der Waals surface area contributed by atoms with Crippen LogP contribution in [0.3, 0.4) is 0 Å². The summed E-state index contributed by atoms with van der Waals surface area (Å²) < 4.78 is 17.7. The number of amides is 1. The molecule has 0 saturated carbocycles. The first-order valence-corrected chi connectivity index (χ1v) is 11.9. The Labute approximate surface area is 198 Å². The van der Waals surface area contributed by atoms with Crippen LogP contribution in [0.5, 0.6) is 11.5 Å². The second kappa shape index (κ2) is 10.3. The fraction of sp³-hybridized carbons (Fsp3) is 0.407. The van der Waals surface area contributed by atoms with E-state index in [2.05, 4.69) is 6.92 Å². The number of benzene rings is 2. The van der Waals surface area contributed by atoms with Crippen molar-refractivity contribution in [2.24, 2.45) is 0 Å². The second-order valence-corrected chi connectivity index (χ2v) is 8.49. The highest BCUT2D eigenvalue weighted by molar-refractivity contribution is 5.99. The predicted molar refractivity (Wildman–Crippen MR) is 130 cm³/mol. The highest BCUT2D eigenvalue weighted by Crippen LogP contribution is 2.41. The molecule has 1 atom stereocenters. The van der Waals surface area contributed by atoms with Gasteiger partial charge in [-0.15, -0.1) is 0 Å². The molecule has 3 aromatic rings. The monoisotopic (exact) mass is 465 g/mol. The van der Waals surface area contributed by atoms with Gasteiger partial charge in [0.25, 0.3) is 5.91 Å². The van der Waals surface area contributed by atoms with Gasteiger partial charge in [-0.2, -0.15) is 0 Å². The lowest BCUT2D eigenvalue weighted by Crippen LogP contribution is -2.31. The van der Waals surface area contributed by atoms with Crippen molar-refractivity contribution in [1.29, 1.82) is 0 Å². The quantitative estimate of drug-likeness (QED) is 0.440. The van der Waals surface area contributed by atoms with Gasteiger partial charge in [0.2, 0.25) is 5.76 Å². The van der Waals surface area contributed by atoms with E-state index < -0.39 is 6.04 Å². The number of fused-ring (bicyclic) bond motifs is 2. The topological polar surface area (TPSA) is 89.2 Å². The van der Waals surface area contributed by atoms with E-state index in [9.17, 15) is 14.7 Å². The maximum Gasteiger partial charge on any atom is 0.290 e. The number of nitrogens with zero attached hydrogens (tertiary/aromatic N) is 1. The number of aryl methyl sites for hydroxylation is 1. The van der Waals surface area contributed by atoms with Gasteiger partial charge in [0.15, 0.2) is 16.9 Å². The molecule has 0 bridgehead atoms. The molecule has 1 aromatic heterocycles. The van der Waals surface area contributed by atoms with Gasteiger partial charge >= 0.3 is 0 Å². The Morgan fingerprint density at radius 1 is 1.03 bits per heavy atom. The first kappa shape index (κ1) is 23.8. The molecule has 0 fully saturated rings. The van der Waals surface area contributed by atoms with Gasteiger partial charge < -0.3 is 23.9 Å². The summed E-state index contributed by atoms with van der Waals surface area (Å²) in [6.45, 7) is 7.16. The Morgan fingerprint density at radius 3 is 2.59 bits per heavy atom. The molecule has 2 aromatic carbocycles. The van der Waals surface area contributed by atoms with Crippen molar-refractivity contribution in [3.8, 4) is 11.5 Å². The summed E-state index contributed by atoms with van der Waals surface area (Å²) in [5.41, 5.74) is 2.16. The van der Waals surface area contributed by atoms with Crippen molar-refractivity contribution >= 4 is 16.9 Å². The number of carbonyl (C=O) groups excluding carboxylic acids is 1. The van der Waals surface area contributed by atoms with E-state index in [1.807, 2.05) is 38.1 Å². The molecule has 1 aliphatic rings. The van der Waals surface area contributed by atoms with Crippen LogP contribution in [0.2, 0.25) is 0 Å². The van der Waals surface area contributed by atoms with Crippen molar-refractivity contribution in [2.75, 3.05) is 26.4 Å². The average molecular weight is 466 g/mol. The highest BCUT2D eigenvalue weighted by Gasteiger charge is 2.42. The SMILES string of the molecule is CCCCOc1ccc([C@@H]2c3c(oc4ccc(C)cc4c3=O)C(=O)N2CCCO)cc1OCC. The lowest BCUT2D eigenvalue weighted by molar-refractivity contribution is 0.0716. The summed E-state index contributed by atoms with van der Waals surface area (Å²) in [4.78, 5) is 28.6. The zero-order chi connectivity index (χ0) is 24.2. The Hall–Kier alpha value is -3.32. The van der Waals surface area contributed by atoms with Gasteiger partial charge in [0, 0.05) is 13.2 Å². The van der Waals surface area contributed by atoms with E-state index in [0.717, 1.165) is 24.0 Å². The van der Waals surface area contributed by atoms with E-state index in [0.29, 0.717) is 47.7 Å². The normalized spacial score (nSPS) is 15.1. The van der Waals surface area contributed by atoms with Crippen molar-refractivity contribution in [1.82, 2.24) is 4.90 Å². The van der Waals surface area contributed by atoms with Gasteiger partial charge in [-0.25, -0.2) is 0 Å². The molecule has 0 spiro atoms. The standard InChI is InChI=1S/C27H31NO6/c1-4-6-14-33-21-11-9-18(16-22(21)32-5-2)24-23-25(30)19-15-17(3)8-10-20(19)34-26(23)27(31)28(24)12-7-13-29/h8-11,15-16,24,29H,4-7,12-14H2,1-3H3/t24-/m1/s1. The average Bonchev–Trinajstić information content (AvgIpc) is 3.11. The van der Waals surface area contributed by atoms with E-state index in [1.165, 1.54) is 0 Å². The molecular formula is C27H31NO6. The number of hydrogen-bond donors (Lipinski definition) is 1. The third-order valence-electron chi connectivity index (χ3n) is 6.02. The maximum atomic E-state index is 13.6. The third-order valence-corrected chi connectivity index (χ3v) is 6.02. The lowest BCUT2D eigenvalue weighted by Gasteiger charge is -2.25. The molecular weight excluding hydrogens is 434 g/mol. The number of rotatable bonds is 10. The number of hydrogen-bond acceptors (Lipinski definition) is 6. The minimum atomic E-state index is -0.640. The van der Waals surface area contributed by atoms with Crippen molar-refractivity contribution < 1.29 is 23.8 Å². The van der Waals surface area contributed by atoms with Crippen LogP contribution < -0.4 is 14.9 Å². The minimum Gasteiger partial charge on any atom is -0.490 e. The summed E-state index contributed by atoms with van der Waals surface area (Å²) in [5, 5.41) is 9.87. The number of carbonyl (C=O) groups is 1. The minimum absolute atomic E-state index is 0.0607. The van der Waals surface area contributed by atoms with Crippen LogP contribution in [-0.4, -0.2) is 42.3 Å². The zero-order valence-corrected chi connectivity index (χ0v) is 19.9. The molecule has 0 aliphatic carbocycles. The Morgan fingerprint density at radius 2 is 1.85 bits per heavy atom. The first-order chi connectivity index (χ1) is 16.5. The van der Waals surface area contributed by atoms with Crippen molar-refractivity contribution in [3.63, 3.8) is 0 Å². The molecule has 1 amide bonds. The summed E-state index contributed by atoms with van der Waals surface area (Å²) in [6, 6.07) is 10.3. The van der Waals surface area contributed by atoms with Gasteiger partial charge in [0.05, 0.1) is 30.2 Å². The zero-order valence-electron chi connectivity index (χ0n) is 19.9. The van der Waals surface area contributed by atoms with Crippen LogP contribution in [-0.2, 0) is 0 Å². The van der Waals surface area contributed by atoms with Gasteiger partial charge in [-0.3, -0.25) is 9.59 Å². The van der Waals surface area contributed by atoms with E-state index >= 15 is 0 Å². The van der Waals surface area contributed by atoms with Crippen LogP contribution >= 0.6 is 0 Å². The van der Waals surface area contributed by atoms with Crippen molar-refractivity contribution in [3.05, 3.63) is 69.1 Å². The van der Waals surface area contributed by atoms with Crippen LogP contribution in [0.1, 0.15) is 66.4 Å². The fourth-order valence-corrected chi connectivity index (χ4v) is 4.36. The Bertz CT molecular complexity index is 1250. The second-order valence-electron chi connectivity index (χ2n) is 8.49. The number of ether oxygens (including phenoxy) is 2. The van der Waals surface area contributed by atoms with Gasteiger partial charge in [0.1, 0.15) is 5.58 Å². The van der Waals surface area contributed by atoms with Crippen LogP contribution in [0.4, 0.5) is 0 Å². The fourth-order valence-electron chi connectivity index (χ4n) is 4.36. The Balaban J connectivity index is 1.86. The molecule has 7 heteroatoms. The lowest BCUT2D eigenvalue weighted by atomic mass is 9.97. The van der Waals surface area contributed by atoms with E-state index in [4.69, 9.17) is 13.9 Å². The van der Waals surface area contributed by atoms with E-state index in [-0.39, 0.29) is 30.2 Å². The summed E-state index contributed by atoms with van der Waals surface area (Å²) in [5.74, 6) is 0.909. The molecule has 180 valence electrons. The molecule has 0 radical (unpaired) electrons. The Kier molecular flexibility index (Phi) is 7.22. The molecule has 4 rings (SSSR count). The molecule has 1 N–H and O–H groups in total. The molecule has 0 unspecified atom stereocenters. The molecule has 7 nitrogen and oxygen atoms in total. The first-order valence-electron chi connectivity index (χ1n) is 11.9. The van der Waals surface area contributed by atoms with Crippen LogP contribution in [0, 0.1) is 6.92 Å². The molecule has 34 heavy (non-hydrogen) atoms. The van der Waals surface area contributed by atoms with Crippen LogP contribution in [0.25, 0.3) is 11.0 Å². The smallest absolute Gasteiger partial charge is 0.290 e. The van der Waals surface area contributed by atoms with Crippen molar-refractivity contribution in [2.45, 2.75) is 46.1 Å². The highest BCUT2D eigenvalue weighted by atomic mass is 16.5.